The van der Waals surface area contributed by atoms with Crippen molar-refractivity contribution in [1.82, 2.24) is 5.32 Å². The maximum Gasteiger partial charge on any atom is 0.333 e. The minimum absolute atomic E-state index is 0.0776. The quantitative estimate of drug-likeness (QED) is 0.849. The molecule has 0 aliphatic carbocycles. The average molecular weight is 307 g/mol. The molecule has 2 rings (SSSR count). The number of hydrogen-bond acceptors (Lipinski definition) is 4. The van der Waals surface area contributed by atoms with Crippen LogP contribution in [0.15, 0.2) is 30.3 Å². The number of carbonyl (C=O) groups excluding carboxylic acids is 2. The number of benzene rings is 1. The Hall–Kier alpha value is -1.49. The van der Waals surface area contributed by atoms with E-state index < -0.39 is 12.0 Å². The molecule has 1 aromatic carbocycles. The molecule has 1 saturated heterocycles. The predicted molar refractivity (Wildman–Crippen MR) is 84.0 cm³/mol. The van der Waals surface area contributed by atoms with Crippen molar-refractivity contribution in [2.45, 2.75) is 25.3 Å². The van der Waals surface area contributed by atoms with Gasteiger partial charge >= 0.3 is 5.97 Å². The first-order valence-electron chi connectivity index (χ1n) is 7.20. The van der Waals surface area contributed by atoms with Crippen molar-refractivity contribution in [2.24, 2.45) is 5.92 Å². The molecular weight excluding hydrogens is 286 g/mol. The van der Waals surface area contributed by atoms with Crippen molar-refractivity contribution in [3.05, 3.63) is 35.9 Å². The van der Waals surface area contributed by atoms with E-state index >= 15 is 0 Å². The van der Waals surface area contributed by atoms with Crippen molar-refractivity contribution >= 4 is 23.6 Å². The molecule has 1 aliphatic rings. The van der Waals surface area contributed by atoms with Gasteiger partial charge in [0.25, 0.3) is 0 Å². The molecule has 1 heterocycles. The number of ether oxygens (including phenoxy) is 1. The Morgan fingerprint density at radius 2 is 1.95 bits per heavy atom. The first-order valence-corrected chi connectivity index (χ1v) is 8.36. The van der Waals surface area contributed by atoms with Crippen LogP contribution >= 0.6 is 11.8 Å². The number of rotatable bonds is 5. The summed E-state index contributed by atoms with van der Waals surface area (Å²) in [6, 6.07) is 8.48. The number of nitrogens with one attached hydrogen (secondary N) is 1. The molecule has 21 heavy (non-hydrogen) atoms. The van der Waals surface area contributed by atoms with Crippen molar-refractivity contribution in [3.8, 4) is 0 Å². The molecule has 1 amide bonds. The number of methoxy groups -OCH3 is 1. The molecule has 114 valence electrons. The fourth-order valence-electron chi connectivity index (χ4n) is 2.47. The third-order valence-corrected chi connectivity index (χ3v) is 4.74. The molecule has 0 spiro atoms. The largest absolute Gasteiger partial charge is 0.467 e. The lowest BCUT2D eigenvalue weighted by atomic mass is 9.98. The van der Waals surface area contributed by atoms with Gasteiger partial charge in [-0.15, -0.1) is 0 Å². The van der Waals surface area contributed by atoms with E-state index in [9.17, 15) is 9.59 Å². The van der Waals surface area contributed by atoms with Crippen LogP contribution in [0.5, 0.6) is 0 Å². The van der Waals surface area contributed by atoms with E-state index in [2.05, 4.69) is 5.32 Å². The van der Waals surface area contributed by atoms with E-state index in [0.29, 0.717) is 12.3 Å². The van der Waals surface area contributed by atoms with Gasteiger partial charge in [0, 0.05) is 6.42 Å². The first-order chi connectivity index (χ1) is 10.2. The maximum absolute atomic E-state index is 12.2. The van der Waals surface area contributed by atoms with E-state index in [0.717, 1.165) is 29.9 Å². The number of carbonyl (C=O) groups is 2. The van der Waals surface area contributed by atoms with Gasteiger partial charge in [-0.05, 0) is 35.8 Å². The summed E-state index contributed by atoms with van der Waals surface area (Å²) in [6.07, 6.45) is 2.64. The summed E-state index contributed by atoms with van der Waals surface area (Å²) >= 11 is 1.94. The molecule has 0 bridgehead atoms. The van der Waals surface area contributed by atoms with Crippen LogP contribution in [0.3, 0.4) is 0 Å². The van der Waals surface area contributed by atoms with Crippen LogP contribution in [-0.2, 0) is 14.3 Å². The Morgan fingerprint density at radius 1 is 1.29 bits per heavy atom. The molecule has 1 atom stereocenters. The molecule has 0 saturated carbocycles. The highest BCUT2D eigenvalue weighted by Crippen LogP contribution is 2.25. The molecule has 0 radical (unpaired) electrons. The molecule has 1 fully saturated rings. The Kier molecular flexibility index (Phi) is 6.11. The second-order valence-electron chi connectivity index (χ2n) is 5.19. The zero-order chi connectivity index (χ0) is 15.1. The summed E-state index contributed by atoms with van der Waals surface area (Å²) in [5.41, 5.74) is 0.747. The zero-order valence-corrected chi connectivity index (χ0v) is 13.0. The van der Waals surface area contributed by atoms with Crippen molar-refractivity contribution in [1.29, 1.82) is 0 Å². The number of thioether (sulfide) groups is 1. The van der Waals surface area contributed by atoms with Crippen LogP contribution < -0.4 is 5.32 Å². The van der Waals surface area contributed by atoms with Gasteiger partial charge in [-0.2, -0.15) is 11.8 Å². The van der Waals surface area contributed by atoms with Crippen LogP contribution in [0.2, 0.25) is 0 Å². The van der Waals surface area contributed by atoms with Gasteiger partial charge in [0.15, 0.2) is 6.04 Å². The number of amides is 1. The molecular formula is C16H21NO3S. The fraction of sp³-hybridized carbons (Fsp3) is 0.500. The average Bonchev–Trinajstić information content (AvgIpc) is 2.53. The second kappa shape index (κ2) is 8.08. The summed E-state index contributed by atoms with van der Waals surface area (Å²) in [6.45, 7) is 0. The Bertz CT molecular complexity index is 472. The highest BCUT2D eigenvalue weighted by molar-refractivity contribution is 7.99. The van der Waals surface area contributed by atoms with E-state index in [1.54, 1.807) is 0 Å². The van der Waals surface area contributed by atoms with Crippen molar-refractivity contribution in [2.75, 3.05) is 18.6 Å². The van der Waals surface area contributed by atoms with Crippen molar-refractivity contribution in [3.63, 3.8) is 0 Å². The third kappa shape index (κ3) is 4.77. The predicted octanol–water partition coefficient (Wildman–Crippen LogP) is 2.55. The molecule has 5 heteroatoms. The molecule has 4 nitrogen and oxygen atoms in total. The van der Waals surface area contributed by atoms with Gasteiger partial charge in [0.05, 0.1) is 7.11 Å². The van der Waals surface area contributed by atoms with Crippen LogP contribution in [-0.4, -0.2) is 30.5 Å². The first kappa shape index (κ1) is 15.9. The van der Waals surface area contributed by atoms with Crippen molar-refractivity contribution < 1.29 is 14.3 Å². The summed E-state index contributed by atoms with van der Waals surface area (Å²) < 4.78 is 4.80. The van der Waals surface area contributed by atoms with Gasteiger partial charge in [-0.25, -0.2) is 4.79 Å². The van der Waals surface area contributed by atoms with Gasteiger partial charge in [-0.1, -0.05) is 30.3 Å². The monoisotopic (exact) mass is 307 g/mol. The van der Waals surface area contributed by atoms with Crippen LogP contribution in [0.4, 0.5) is 0 Å². The van der Waals surface area contributed by atoms with E-state index in [1.807, 2.05) is 42.1 Å². The SMILES string of the molecule is COC(=O)C(NC(=O)CC1CCSCC1)c1ccccc1. The van der Waals surface area contributed by atoms with E-state index in [1.165, 1.54) is 7.11 Å². The highest BCUT2D eigenvalue weighted by Gasteiger charge is 2.25. The summed E-state index contributed by atoms with van der Waals surface area (Å²) in [7, 11) is 1.34. The molecule has 1 N–H and O–H groups in total. The second-order valence-corrected chi connectivity index (χ2v) is 6.42. The molecule has 1 unspecified atom stereocenters. The van der Waals surface area contributed by atoms with Gasteiger partial charge in [0.2, 0.25) is 5.91 Å². The lowest BCUT2D eigenvalue weighted by Crippen LogP contribution is -2.35. The summed E-state index contributed by atoms with van der Waals surface area (Å²) in [4.78, 5) is 24.1. The smallest absolute Gasteiger partial charge is 0.333 e. The minimum Gasteiger partial charge on any atom is -0.467 e. The van der Waals surface area contributed by atoms with Gasteiger partial charge < -0.3 is 10.1 Å². The standard InChI is InChI=1S/C16H21NO3S/c1-20-16(19)15(13-5-3-2-4-6-13)17-14(18)11-12-7-9-21-10-8-12/h2-6,12,15H,7-11H2,1H3,(H,17,18). The Morgan fingerprint density at radius 3 is 2.57 bits per heavy atom. The lowest BCUT2D eigenvalue weighted by molar-refractivity contribution is -0.145. The fourth-order valence-corrected chi connectivity index (χ4v) is 3.68. The topological polar surface area (TPSA) is 55.4 Å². The van der Waals surface area contributed by atoms with Gasteiger partial charge in [0.1, 0.15) is 0 Å². The number of hydrogen-bond donors (Lipinski definition) is 1. The summed E-state index contributed by atoms with van der Waals surface area (Å²) in [5.74, 6) is 2.16. The number of esters is 1. The zero-order valence-electron chi connectivity index (χ0n) is 12.2. The Balaban J connectivity index is 1.98. The summed E-state index contributed by atoms with van der Waals surface area (Å²) in [5, 5.41) is 2.81. The highest BCUT2D eigenvalue weighted by atomic mass is 32.2. The van der Waals surface area contributed by atoms with E-state index in [-0.39, 0.29) is 5.91 Å². The molecule has 0 aromatic heterocycles. The lowest BCUT2D eigenvalue weighted by Gasteiger charge is -2.22. The van der Waals surface area contributed by atoms with Gasteiger partial charge in [-0.3, -0.25) is 4.79 Å². The maximum atomic E-state index is 12.2. The third-order valence-electron chi connectivity index (χ3n) is 3.69. The normalized spacial score (nSPS) is 17.0. The molecule has 1 aliphatic heterocycles. The minimum atomic E-state index is -0.721. The molecule has 1 aromatic rings. The van der Waals surface area contributed by atoms with E-state index in [4.69, 9.17) is 4.74 Å². The van der Waals surface area contributed by atoms with Crippen LogP contribution in [0, 0.1) is 5.92 Å². The Labute approximate surface area is 129 Å². The van der Waals surface area contributed by atoms with Crippen LogP contribution in [0.25, 0.3) is 0 Å². The van der Waals surface area contributed by atoms with Crippen LogP contribution in [0.1, 0.15) is 30.9 Å².